The minimum absolute atomic E-state index is 0.0814. The molecule has 1 aromatic carbocycles. The molecule has 2 N–H and O–H groups in total. The number of nitrogens with one attached hydrogen (secondary N) is 2. The average molecular weight is 263 g/mol. The molecule has 1 aliphatic carbocycles. The van der Waals surface area contributed by atoms with Crippen molar-refractivity contribution in [2.45, 2.75) is 18.3 Å². The van der Waals surface area contributed by atoms with Gasteiger partial charge in [-0.3, -0.25) is 0 Å². The summed E-state index contributed by atoms with van der Waals surface area (Å²) in [7, 11) is 0. The summed E-state index contributed by atoms with van der Waals surface area (Å²) >= 11 is 5.87. The summed E-state index contributed by atoms with van der Waals surface area (Å²) in [4.78, 5) is 11.4. The summed E-state index contributed by atoms with van der Waals surface area (Å²) in [5, 5.41) is 6.17. The Morgan fingerprint density at radius 3 is 2.56 bits per heavy atom. The van der Waals surface area contributed by atoms with Crippen LogP contribution in [0.25, 0.3) is 0 Å². The van der Waals surface area contributed by atoms with Crippen molar-refractivity contribution in [3.05, 3.63) is 34.9 Å². The van der Waals surface area contributed by atoms with Gasteiger partial charge in [-0.2, -0.15) is 0 Å². The Bertz CT molecular complexity index is 472. The molecule has 0 saturated heterocycles. The standard InChI is InChI=1S/C14H15ClN2O/c1-2-9-16-13(18)17-10-14(7-8-14)11-3-5-12(15)6-4-11/h1,3-6H,7-10H2,(H2,16,17,18). The van der Waals surface area contributed by atoms with Crippen molar-refractivity contribution in [1.82, 2.24) is 10.6 Å². The molecule has 2 amide bonds. The zero-order valence-electron chi connectivity index (χ0n) is 10.0. The molecule has 0 heterocycles. The van der Waals surface area contributed by atoms with Crippen molar-refractivity contribution in [3.8, 4) is 12.3 Å². The highest BCUT2D eigenvalue weighted by Crippen LogP contribution is 2.47. The maximum atomic E-state index is 11.4. The Kier molecular flexibility index (Phi) is 3.78. The monoisotopic (exact) mass is 262 g/mol. The second-order valence-electron chi connectivity index (χ2n) is 4.53. The first-order chi connectivity index (χ1) is 8.66. The second-order valence-corrected chi connectivity index (χ2v) is 4.96. The highest BCUT2D eigenvalue weighted by atomic mass is 35.5. The summed E-state index contributed by atoms with van der Waals surface area (Å²) < 4.78 is 0. The molecule has 1 fully saturated rings. The van der Waals surface area contributed by atoms with E-state index in [9.17, 15) is 4.79 Å². The summed E-state index contributed by atoms with van der Waals surface area (Å²) in [5.74, 6) is 2.36. The molecule has 18 heavy (non-hydrogen) atoms. The quantitative estimate of drug-likeness (QED) is 0.804. The number of hydrogen-bond donors (Lipinski definition) is 2. The Balaban J connectivity index is 1.91. The fourth-order valence-corrected chi connectivity index (χ4v) is 2.09. The Hall–Kier alpha value is -1.66. The van der Waals surface area contributed by atoms with Gasteiger partial charge in [0.2, 0.25) is 0 Å². The SMILES string of the molecule is C#CCNC(=O)NCC1(c2ccc(Cl)cc2)CC1. The van der Waals surface area contributed by atoms with Crippen LogP contribution < -0.4 is 10.6 Å². The minimum atomic E-state index is -0.215. The third kappa shape index (κ3) is 2.96. The number of urea groups is 1. The fraction of sp³-hybridized carbons (Fsp3) is 0.357. The largest absolute Gasteiger partial charge is 0.337 e. The van der Waals surface area contributed by atoms with Gasteiger partial charge in [0.25, 0.3) is 0 Å². The van der Waals surface area contributed by atoms with Crippen molar-refractivity contribution in [2.24, 2.45) is 0 Å². The van der Waals surface area contributed by atoms with Gasteiger partial charge < -0.3 is 10.6 Å². The Morgan fingerprint density at radius 2 is 2.00 bits per heavy atom. The lowest BCUT2D eigenvalue weighted by atomic mass is 9.96. The van der Waals surface area contributed by atoms with Gasteiger partial charge in [-0.05, 0) is 30.5 Å². The normalized spacial score (nSPS) is 15.6. The zero-order valence-corrected chi connectivity index (χ0v) is 10.8. The lowest BCUT2D eigenvalue weighted by Crippen LogP contribution is -2.39. The molecule has 1 aromatic rings. The van der Waals surface area contributed by atoms with Crippen LogP contribution in [-0.4, -0.2) is 19.1 Å². The average Bonchev–Trinajstić information content (AvgIpc) is 3.16. The topological polar surface area (TPSA) is 41.1 Å². The summed E-state index contributed by atoms with van der Waals surface area (Å²) in [6.45, 7) is 0.880. The number of hydrogen-bond acceptors (Lipinski definition) is 1. The number of benzene rings is 1. The fourth-order valence-electron chi connectivity index (χ4n) is 1.97. The van der Waals surface area contributed by atoms with Gasteiger partial charge >= 0.3 is 6.03 Å². The molecule has 0 spiro atoms. The third-order valence-corrected chi connectivity index (χ3v) is 3.50. The summed E-state index contributed by atoms with van der Waals surface area (Å²) in [6.07, 6.45) is 7.25. The molecule has 0 aliphatic heterocycles. The van der Waals surface area contributed by atoms with E-state index < -0.39 is 0 Å². The van der Waals surface area contributed by atoms with E-state index >= 15 is 0 Å². The molecule has 0 aromatic heterocycles. The van der Waals surface area contributed by atoms with Crippen LogP contribution in [0, 0.1) is 12.3 Å². The van der Waals surface area contributed by atoms with Crippen molar-refractivity contribution in [3.63, 3.8) is 0 Å². The number of halogens is 1. The minimum Gasteiger partial charge on any atom is -0.337 e. The number of terminal acetylenes is 1. The predicted molar refractivity (Wildman–Crippen MR) is 72.6 cm³/mol. The zero-order chi connectivity index (χ0) is 13.0. The van der Waals surface area contributed by atoms with Gasteiger partial charge in [0.15, 0.2) is 0 Å². The van der Waals surface area contributed by atoms with Crippen molar-refractivity contribution in [2.75, 3.05) is 13.1 Å². The molecular formula is C14H15ClN2O. The van der Waals surface area contributed by atoms with Crippen LogP contribution >= 0.6 is 11.6 Å². The predicted octanol–water partition coefficient (Wildman–Crippen LogP) is 2.30. The van der Waals surface area contributed by atoms with Gasteiger partial charge in [0.05, 0.1) is 6.54 Å². The van der Waals surface area contributed by atoms with E-state index in [0.717, 1.165) is 17.9 Å². The first-order valence-corrected chi connectivity index (χ1v) is 6.25. The maximum absolute atomic E-state index is 11.4. The van der Waals surface area contributed by atoms with Crippen molar-refractivity contribution < 1.29 is 4.79 Å². The molecular weight excluding hydrogens is 248 g/mol. The number of carbonyl (C=O) groups is 1. The summed E-state index contributed by atoms with van der Waals surface area (Å²) in [5.41, 5.74) is 1.31. The maximum Gasteiger partial charge on any atom is 0.315 e. The Labute approximate surface area is 112 Å². The molecule has 3 nitrogen and oxygen atoms in total. The molecule has 4 heteroatoms. The van der Waals surface area contributed by atoms with E-state index in [1.165, 1.54) is 5.56 Å². The molecule has 94 valence electrons. The van der Waals surface area contributed by atoms with Crippen LogP contribution in [0.5, 0.6) is 0 Å². The van der Waals surface area contributed by atoms with Crippen LogP contribution in [0.2, 0.25) is 5.02 Å². The molecule has 2 rings (SSSR count). The molecule has 0 atom stereocenters. The Morgan fingerprint density at radius 1 is 1.33 bits per heavy atom. The smallest absolute Gasteiger partial charge is 0.315 e. The highest BCUT2D eigenvalue weighted by molar-refractivity contribution is 6.30. The lowest BCUT2D eigenvalue weighted by Gasteiger charge is -2.16. The lowest BCUT2D eigenvalue weighted by molar-refractivity contribution is 0.241. The van der Waals surface area contributed by atoms with Crippen LogP contribution in [-0.2, 0) is 5.41 Å². The van der Waals surface area contributed by atoms with E-state index in [4.69, 9.17) is 18.0 Å². The molecule has 1 aliphatic rings. The van der Waals surface area contributed by atoms with Crippen LogP contribution in [0.4, 0.5) is 4.79 Å². The van der Waals surface area contributed by atoms with Gasteiger partial charge in [0.1, 0.15) is 0 Å². The molecule has 0 radical (unpaired) electrons. The van der Waals surface area contributed by atoms with E-state index in [1.807, 2.05) is 24.3 Å². The van der Waals surface area contributed by atoms with E-state index in [0.29, 0.717) is 6.54 Å². The number of carbonyl (C=O) groups excluding carboxylic acids is 1. The molecule has 1 saturated carbocycles. The van der Waals surface area contributed by atoms with E-state index in [-0.39, 0.29) is 18.0 Å². The van der Waals surface area contributed by atoms with Crippen LogP contribution in [0.15, 0.2) is 24.3 Å². The van der Waals surface area contributed by atoms with Gasteiger partial charge in [0, 0.05) is 17.0 Å². The molecule has 0 bridgehead atoms. The number of amides is 2. The van der Waals surface area contributed by atoms with Gasteiger partial charge in [-0.15, -0.1) is 6.42 Å². The molecule has 0 unspecified atom stereocenters. The van der Waals surface area contributed by atoms with Gasteiger partial charge in [-0.1, -0.05) is 29.7 Å². The van der Waals surface area contributed by atoms with Crippen molar-refractivity contribution in [1.29, 1.82) is 0 Å². The summed E-state index contributed by atoms with van der Waals surface area (Å²) in [6, 6.07) is 7.60. The van der Waals surface area contributed by atoms with Crippen molar-refractivity contribution >= 4 is 17.6 Å². The first kappa shape index (κ1) is 12.8. The second kappa shape index (κ2) is 5.32. The third-order valence-electron chi connectivity index (χ3n) is 3.25. The highest BCUT2D eigenvalue weighted by Gasteiger charge is 2.44. The first-order valence-electron chi connectivity index (χ1n) is 5.87. The van der Waals surface area contributed by atoms with Crippen LogP contribution in [0.3, 0.4) is 0 Å². The van der Waals surface area contributed by atoms with Gasteiger partial charge in [-0.25, -0.2) is 4.79 Å². The van der Waals surface area contributed by atoms with E-state index in [2.05, 4.69) is 16.6 Å². The number of rotatable bonds is 4. The van der Waals surface area contributed by atoms with Crippen LogP contribution in [0.1, 0.15) is 18.4 Å². The van der Waals surface area contributed by atoms with E-state index in [1.54, 1.807) is 0 Å².